The molecule has 0 saturated carbocycles. The molecular formula is C17H19ClN2O. The van der Waals surface area contributed by atoms with E-state index >= 15 is 0 Å². The zero-order valence-electron chi connectivity index (χ0n) is 12.3. The van der Waals surface area contributed by atoms with Crippen molar-refractivity contribution in [3.05, 3.63) is 59.4 Å². The molecule has 2 aromatic rings. The Morgan fingerprint density at radius 1 is 1.29 bits per heavy atom. The average Bonchev–Trinajstić information content (AvgIpc) is 2.45. The largest absolute Gasteiger partial charge is 0.308 e. The van der Waals surface area contributed by atoms with Crippen LogP contribution in [0, 0.1) is 5.92 Å². The van der Waals surface area contributed by atoms with Crippen molar-refractivity contribution >= 4 is 23.2 Å². The minimum Gasteiger partial charge on any atom is -0.308 e. The Hall–Kier alpha value is -1.87. The SMILES string of the molecule is CC(C)CC(=O)N(Cc1cccnc1)c1cccc(Cl)c1. The van der Waals surface area contributed by atoms with Crippen LogP contribution < -0.4 is 4.90 Å². The first-order chi connectivity index (χ1) is 10.1. The van der Waals surface area contributed by atoms with E-state index < -0.39 is 0 Å². The summed E-state index contributed by atoms with van der Waals surface area (Å²) in [5, 5.41) is 0.626. The van der Waals surface area contributed by atoms with Gasteiger partial charge in [0.25, 0.3) is 0 Å². The summed E-state index contributed by atoms with van der Waals surface area (Å²) in [5.41, 5.74) is 1.81. The van der Waals surface area contributed by atoms with Gasteiger partial charge in [0, 0.05) is 29.5 Å². The molecular weight excluding hydrogens is 284 g/mol. The second-order valence-corrected chi connectivity index (χ2v) is 5.86. The van der Waals surface area contributed by atoms with E-state index in [1.54, 1.807) is 23.4 Å². The summed E-state index contributed by atoms with van der Waals surface area (Å²) in [5.74, 6) is 0.407. The van der Waals surface area contributed by atoms with Crippen molar-refractivity contribution in [2.24, 2.45) is 5.92 Å². The van der Waals surface area contributed by atoms with Crippen LogP contribution in [0.1, 0.15) is 25.8 Å². The lowest BCUT2D eigenvalue weighted by Gasteiger charge is -2.24. The van der Waals surface area contributed by atoms with Gasteiger partial charge in [-0.15, -0.1) is 0 Å². The third-order valence-electron chi connectivity index (χ3n) is 3.07. The van der Waals surface area contributed by atoms with E-state index in [4.69, 9.17) is 11.6 Å². The highest BCUT2D eigenvalue weighted by Gasteiger charge is 2.17. The number of carbonyl (C=O) groups excluding carboxylic acids is 1. The maximum Gasteiger partial charge on any atom is 0.227 e. The molecule has 0 aliphatic rings. The lowest BCUT2D eigenvalue weighted by Crippen LogP contribution is -2.31. The van der Waals surface area contributed by atoms with Crippen molar-refractivity contribution in [1.29, 1.82) is 0 Å². The zero-order valence-corrected chi connectivity index (χ0v) is 13.0. The number of benzene rings is 1. The molecule has 2 rings (SSSR count). The fraction of sp³-hybridized carbons (Fsp3) is 0.294. The summed E-state index contributed by atoms with van der Waals surface area (Å²) < 4.78 is 0. The molecule has 4 heteroatoms. The summed E-state index contributed by atoms with van der Waals surface area (Å²) >= 11 is 6.05. The summed E-state index contributed by atoms with van der Waals surface area (Å²) in [4.78, 5) is 18.4. The summed E-state index contributed by atoms with van der Waals surface area (Å²) in [6.45, 7) is 4.58. The fourth-order valence-electron chi connectivity index (χ4n) is 2.10. The number of amides is 1. The highest BCUT2D eigenvalue weighted by atomic mass is 35.5. The van der Waals surface area contributed by atoms with Crippen LogP contribution in [0.5, 0.6) is 0 Å². The molecule has 1 amide bonds. The average molecular weight is 303 g/mol. The van der Waals surface area contributed by atoms with Gasteiger partial charge >= 0.3 is 0 Å². The molecule has 3 nitrogen and oxygen atoms in total. The number of hydrogen-bond acceptors (Lipinski definition) is 2. The highest BCUT2D eigenvalue weighted by Crippen LogP contribution is 2.23. The van der Waals surface area contributed by atoms with Crippen molar-refractivity contribution in [3.8, 4) is 0 Å². The highest BCUT2D eigenvalue weighted by molar-refractivity contribution is 6.30. The second kappa shape index (κ2) is 7.23. The van der Waals surface area contributed by atoms with Gasteiger partial charge in [-0.2, -0.15) is 0 Å². The summed E-state index contributed by atoms with van der Waals surface area (Å²) in [7, 11) is 0. The Labute approximate surface area is 130 Å². The van der Waals surface area contributed by atoms with Gasteiger partial charge in [0.15, 0.2) is 0 Å². The van der Waals surface area contributed by atoms with E-state index in [1.165, 1.54) is 0 Å². The number of hydrogen-bond donors (Lipinski definition) is 0. The number of anilines is 1. The summed E-state index contributed by atoms with van der Waals surface area (Å²) in [6.07, 6.45) is 4.01. The predicted octanol–water partition coefficient (Wildman–Crippen LogP) is 4.31. The molecule has 1 aromatic carbocycles. The molecule has 0 aliphatic heterocycles. The minimum absolute atomic E-state index is 0.0936. The number of nitrogens with zero attached hydrogens (tertiary/aromatic N) is 2. The minimum atomic E-state index is 0.0936. The van der Waals surface area contributed by atoms with Gasteiger partial charge in [0.1, 0.15) is 0 Å². The molecule has 21 heavy (non-hydrogen) atoms. The van der Waals surface area contributed by atoms with Crippen molar-refractivity contribution in [2.45, 2.75) is 26.8 Å². The maximum atomic E-state index is 12.5. The first kappa shape index (κ1) is 15.5. The number of halogens is 1. The third kappa shape index (κ3) is 4.57. The molecule has 0 radical (unpaired) electrons. The Morgan fingerprint density at radius 3 is 2.71 bits per heavy atom. The van der Waals surface area contributed by atoms with E-state index in [0.717, 1.165) is 11.3 Å². The molecule has 0 atom stereocenters. The fourth-order valence-corrected chi connectivity index (χ4v) is 2.29. The van der Waals surface area contributed by atoms with Crippen molar-refractivity contribution in [1.82, 2.24) is 4.98 Å². The Balaban J connectivity index is 2.28. The number of carbonyl (C=O) groups is 1. The van der Waals surface area contributed by atoms with Gasteiger partial charge in [0.2, 0.25) is 5.91 Å². The van der Waals surface area contributed by atoms with Gasteiger partial charge in [-0.05, 0) is 35.7 Å². The quantitative estimate of drug-likeness (QED) is 0.824. The van der Waals surface area contributed by atoms with Crippen LogP contribution >= 0.6 is 11.6 Å². The van der Waals surface area contributed by atoms with Crippen molar-refractivity contribution in [3.63, 3.8) is 0 Å². The smallest absolute Gasteiger partial charge is 0.227 e. The van der Waals surface area contributed by atoms with Crippen LogP contribution in [0.3, 0.4) is 0 Å². The number of rotatable bonds is 5. The van der Waals surface area contributed by atoms with E-state index in [-0.39, 0.29) is 5.91 Å². The molecule has 0 saturated heterocycles. The van der Waals surface area contributed by atoms with E-state index in [1.807, 2.05) is 44.2 Å². The number of pyridine rings is 1. The van der Waals surface area contributed by atoms with E-state index in [2.05, 4.69) is 4.98 Å². The molecule has 0 aliphatic carbocycles. The van der Waals surface area contributed by atoms with E-state index in [0.29, 0.717) is 23.9 Å². The lowest BCUT2D eigenvalue weighted by molar-refractivity contribution is -0.119. The molecule has 0 N–H and O–H groups in total. The van der Waals surface area contributed by atoms with Crippen LogP contribution in [0.2, 0.25) is 5.02 Å². The molecule has 1 heterocycles. The van der Waals surface area contributed by atoms with Crippen LogP contribution in [0.4, 0.5) is 5.69 Å². The maximum absolute atomic E-state index is 12.5. The van der Waals surface area contributed by atoms with E-state index in [9.17, 15) is 4.79 Å². The summed E-state index contributed by atoms with van der Waals surface area (Å²) in [6, 6.07) is 11.2. The van der Waals surface area contributed by atoms with Crippen LogP contribution in [0.25, 0.3) is 0 Å². The second-order valence-electron chi connectivity index (χ2n) is 5.42. The van der Waals surface area contributed by atoms with Gasteiger partial charge < -0.3 is 4.90 Å². The van der Waals surface area contributed by atoms with Gasteiger partial charge in [-0.1, -0.05) is 37.6 Å². The van der Waals surface area contributed by atoms with Crippen molar-refractivity contribution < 1.29 is 4.79 Å². The van der Waals surface area contributed by atoms with Gasteiger partial charge in [-0.3, -0.25) is 9.78 Å². The predicted molar refractivity (Wildman–Crippen MR) is 86.3 cm³/mol. The zero-order chi connectivity index (χ0) is 15.2. The Morgan fingerprint density at radius 2 is 2.10 bits per heavy atom. The third-order valence-corrected chi connectivity index (χ3v) is 3.30. The van der Waals surface area contributed by atoms with Crippen LogP contribution in [-0.2, 0) is 11.3 Å². The standard InChI is InChI=1S/C17H19ClN2O/c1-13(2)9-17(21)20(12-14-5-4-8-19-11-14)16-7-3-6-15(18)10-16/h3-8,10-11,13H,9,12H2,1-2H3. The molecule has 0 spiro atoms. The van der Waals surface area contributed by atoms with Crippen LogP contribution in [-0.4, -0.2) is 10.9 Å². The normalized spacial score (nSPS) is 10.7. The number of aromatic nitrogens is 1. The molecule has 0 bridgehead atoms. The topological polar surface area (TPSA) is 33.2 Å². The Kier molecular flexibility index (Phi) is 5.34. The van der Waals surface area contributed by atoms with Crippen LogP contribution in [0.15, 0.2) is 48.8 Å². The lowest BCUT2D eigenvalue weighted by atomic mass is 10.1. The van der Waals surface area contributed by atoms with Crippen molar-refractivity contribution in [2.75, 3.05) is 4.90 Å². The molecule has 0 unspecified atom stereocenters. The first-order valence-corrected chi connectivity index (χ1v) is 7.39. The molecule has 0 fully saturated rings. The van der Waals surface area contributed by atoms with Gasteiger partial charge in [-0.25, -0.2) is 0 Å². The molecule has 1 aromatic heterocycles. The first-order valence-electron chi connectivity index (χ1n) is 7.01. The monoisotopic (exact) mass is 302 g/mol. The van der Waals surface area contributed by atoms with Gasteiger partial charge in [0.05, 0.1) is 6.54 Å². The Bertz CT molecular complexity index is 599. The molecule has 110 valence electrons.